The fourth-order valence-corrected chi connectivity index (χ4v) is 3.57. The van der Waals surface area contributed by atoms with E-state index < -0.39 is 0 Å². The van der Waals surface area contributed by atoms with E-state index in [0.717, 1.165) is 47.1 Å². The number of fused-ring (bicyclic) bond motifs is 2. The third kappa shape index (κ3) is 3.55. The first-order valence-corrected chi connectivity index (χ1v) is 9.77. The fraction of sp³-hybridized carbons (Fsp3) is 0.125. The van der Waals surface area contributed by atoms with Crippen molar-refractivity contribution in [3.63, 3.8) is 0 Å². The molecule has 5 nitrogen and oxygen atoms in total. The van der Waals surface area contributed by atoms with E-state index in [-0.39, 0.29) is 0 Å². The first-order valence-electron chi connectivity index (χ1n) is 9.77. The number of aromatic nitrogens is 4. The molecule has 2 aromatic carbocycles. The van der Waals surface area contributed by atoms with Crippen LogP contribution in [0.1, 0.15) is 11.4 Å². The molecule has 0 radical (unpaired) electrons. The zero-order valence-corrected chi connectivity index (χ0v) is 16.2. The Morgan fingerprint density at radius 3 is 2.69 bits per heavy atom. The highest BCUT2D eigenvalue weighted by molar-refractivity contribution is 5.87. The summed E-state index contributed by atoms with van der Waals surface area (Å²) in [5.41, 5.74) is 5.04. The SMILES string of the molecule is Cc1cccc(CCNc2ccc3ncc(-c4ccc5ccccc5c4)n3n2)n1. The number of nitrogens with zero attached hydrogens (tertiary/aromatic N) is 4. The number of nitrogens with one attached hydrogen (secondary N) is 1. The molecule has 0 aliphatic carbocycles. The third-order valence-electron chi connectivity index (χ3n) is 5.04. The van der Waals surface area contributed by atoms with Gasteiger partial charge in [-0.2, -0.15) is 0 Å². The highest BCUT2D eigenvalue weighted by atomic mass is 15.3. The Hall–Kier alpha value is -3.73. The molecule has 5 heteroatoms. The number of hydrogen-bond acceptors (Lipinski definition) is 4. The van der Waals surface area contributed by atoms with Crippen LogP contribution in [0, 0.1) is 6.92 Å². The highest BCUT2D eigenvalue weighted by Crippen LogP contribution is 2.25. The second-order valence-corrected chi connectivity index (χ2v) is 7.14. The number of anilines is 1. The highest BCUT2D eigenvalue weighted by Gasteiger charge is 2.09. The average Bonchev–Trinajstić information content (AvgIpc) is 3.17. The molecule has 0 fully saturated rings. The number of hydrogen-bond donors (Lipinski definition) is 1. The van der Waals surface area contributed by atoms with E-state index >= 15 is 0 Å². The van der Waals surface area contributed by atoms with Crippen LogP contribution in [0.2, 0.25) is 0 Å². The molecule has 3 heterocycles. The smallest absolute Gasteiger partial charge is 0.154 e. The number of imidazole rings is 1. The van der Waals surface area contributed by atoms with Crippen LogP contribution in [0.15, 0.2) is 79.0 Å². The predicted octanol–water partition coefficient (Wildman–Crippen LogP) is 4.91. The summed E-state index contributed by atoms with van der Waals surface area (Å²) in [4.78, 5) is 9.07. The van der Waals surface area contributed by atoms with Gasteiger partial charge < -0.3 is 5.32 Å². The summed E-state index contributed by atoms with van der Waals surface area (Å²) in [6, 6.07) is 24.9. The molecule has 0 saturated carbocycles. The molecule has 0 aliphatic heterocycles. The largest absolute Gasteiger partial charge is 0.368 e. The lowest BCUT2D eigenvalue weighted by Crippen LogP contribution is -2.09. The van der Waals surface area contributed by atoms with Gasteiger partial charge in [0.2, 0.25) is 0 Å². The standard InChI is InChI=1S/C24H21N5/c1-17-5-4-8-21(27-17)13-14-25-23-11-12-24-26-16-22(29(24)28-23)20-10-9-18-6-2-3-7-19(18)15-20/h2-12,15-16H,13-14H2,1H3,(H,25,28). The molecule has 0 bridgehead atoms. The van der Waals surface area contributed by atoms with Crippen molar-refractivity contribution >= 4 is 22.2 Å². The lowest BCUT2D eigenvalue weighted by molar-refractivity contribution is 0.903. The minimum atomic E-state index is 0.773. The Balaban J connectivity index is 1.40. The minimum Gasteiger partial charge on any atom is -0.368 e. The maximum atomic E-state index is 4.76. The van der Waals surface area contributed by atoms with Gasteiger partial charge in [-0.25, -0.2) is 9.50 Å². The van der Waals surface area contributed by atoms with Gasteiger partial charge in [0.15, 0.2) is 5.65 Å². The molecular weight excluding hydrogens is 358 g/mol. The van der Waals surface area contributed by atoms with Crippen LogP contribution in [0.25, 0.3) is 27.7 Å². The van der Waals surface area contributed by atoms with Crippen LogP contribution in [-0.2, 0) is 6.42 Å². The van der Waals surface area contributed by atoms with E-state index in [2.05, 4.69) is 63.8 Å². The van der Waals surface area contributed by atoms with Crippen molar-refractivity contribution in [2.75, 3.05) is 11.9 Å². The molecule has 1 N–H and O–H groups in total. The first kappa shape index (κ1) is 17.4. The second kappa shape index (κ2) is 7.36. The van der Waals surface area contributed by atoms with E-state index in [9.17, 15) is 0 Å². The van der Waals surface area contributed by atoms with Gasteiger partial charge in [0.25, 0.3) is 0 Å². The van der Waals surface area contributed by atoms with Crippen molar-refractivity contribution in [3.05, 3.63) is 90.4 Å². The van der Waals surface area contributed by atoms with Gasteiger partial charge in [0.05, 0.1) is 11.9 Å². The topological polar surface area (TPSA) is 55.1 Å². The van der Waals surface area contributed by atoms with Gasteiger partial charge >= 0.3 is 0 Å². The minimum absolute atomic E-state index is 0.773. The molecule has 3 aromatic heterocycles. The summed E-state index contributed by atoms with van der Waals surface area (Å²) in [5, 5.41) is 10.6. The Kier molecular flexibility index (Phi) is 4.41. The normalized spacial score (nSPS) is 11.2. The number of benzene rings is 2. The Bertz CT molecular complexity index is 1310. The van der Waals surface area contributed by atoms with E-state index in [1.54, 1.807) is 0 Å². The molecule has 5 aromatic rings. The molecule has 0 amide bonds. The van der Waals surface area contributed by atoms with Gasteiger partial charge in [-0.05, 0) is 48.0 Å². The molecule has 0 unspecified atom stereocenters. The molecule has 0 atom stereocenters. The molecule has 29 heavy (non-hydrogen) atoms. The van der Waals surface area contributed by atoms with Gasteiger partial charge in [-0.15, -0.1) is 5.10 Å². The van der Waals surface area contributed by atoms with Gasteiger partial charge in [0, 0.05) is 29.9 Å². The summed E-state index contributed by atoms with van der Waals surface area (Å²) >= 11 is 0. The zero-order chi connectivity index (χ0) is 19.6. The molecule has 0 spiro atoms. The molecular formula is C24H21N5. The van der Waals surface area contributed by atoms with Gasteiger partial charge in [0.1, 0.15) is 5.82 Å². The zero-order valence-electron chi connectivity index (χ0n) is 16.2. The van der Waals surface area contributed by atoms with Crippen molar-refractivity contribution in [2.45, 2.75) is 13.3 Å². The van der Waals surface area contributed by atoms with Crippen molar-refractivity contribution in [1.29, 1.82) is 0 Å². The maximum absolute atomic E-state index is 4.76. The van der Waals surface area contributed by atoms with E-state index in [1.165, 1.54) is 10.8 Å². The van der Waals surface area contributed by atoms with E-state index in [0.29, 0.717) is 0 Å². The summed E-state index contributed by atoms with van der Waals surface area (Å²) in [6.45, 7) is 2.79. The van der Waals surface area contributed by atoms with Crippen LogP contribution in [0.3, 0.4) is 0 Å². The molecule has 5 rings (SSSR count). The average molecular weight is 379 g/mol. The maximum Gasteiger partial charge on any atom is 0.154 e. The van der Waals surface area contributed by atoms with Crippen molar-refractivity contribution in [3.8, 4) is 11.3 Å². The van der Waals surface area contributed by atoms with Crippen LogP contribution in [0.5, 0.6) is 0 Å². The van der Waals surface area contributed by atoms with E-state index in [1.807, 2.05) is 41.9 Å². The monoisotopic (exact) mass is 379 g/mol. The van der Waals surface area contributed by atoms with Gasteiger partial charge in [-0.1, -0.05) is 42.5 Å². The quantitative estimate of drug-likeness (QED) is 0.471. The fourth-order valence-electron chi connectivity index (χ4n) is 3.57. The Morgan fingerprint density at radius 1 is 0.897 bits per heavy atom. The van der Waals surface area contributed by atoms with Crippen LogP contribution < -0.4 is 5.32 Å². The second-order valence-electron chi connectivity index (χ2n) is 7.14. The van der Waals surface area contributed by atoms with Crippen LogP contribution >= 0.6 is 0 Å². The molecule has 0 aliphatic rings. The van der Waals surface area contributed by atoms with Crippen LogP contribution in [0.4, 0.5) is 5.82 Å². The van der Waals surface area contributed by atoms with Crippen molar-refractivity contribution < 1.29 is 0 Å². The number of pyridine rings is 1. The summed E-state index contributed by atoms with van der Waals surface area (Å²) < 4.78 is 1.90. The summed E-state index contributed by atoms with van der Waals surface area (Å²) in [5.74, 6) is 0.824. The molecule has 0 saturated heterocycles. The number of rotatable bonds is 5. The predicted molar refractivity (Wildman–Crippen MR) is 117 cm³/mol. The van der Waals surface area contributed by atoms with Crippen LogP contribution in [-0.4, -0.2) is 26.1 Å². The first-order chi connectivity index (χ1) is 14.3. The summed E-state index contributed by atoms with van der Waals surface area (Å²) in [7, 11) is 0. The Labute approximate surface area is 169 Å². The molecule has 142 valence electrons. The lowest BCUT2D eigenvalue weighted by atomic mass is 10.1. The van der Waals surface area contributed by atoms with Crippen molar-refractivity contribution in [2.24, 2.45) is 0 Å². The number of aryl methyl sites for hydroxylation is 1. The summed E-state index contributed by atoms with van der Waals surface area (Å²) in [6.07, 6.45) is 2.73. The lowest BCUT2D eigenvalue weighted by Gasteiger charge is -2.08. The van der Waals surface area contributed by atoms with Gasteiger partial charge in [-0.3, -0.25) is 4.98 Å². The Morgan fingerprint density at radius 2 is 1.79 bits per heavy atom. The van der Waals surface area contributed by atoms with Crippen molar-refractivity contribution in [1.82, 2.24) is 19.6 Å². The third-order valence-corrected chi connectivity index (χ3v) is 5.04. The van der Waals surface area contributed by atoms with E-state index in [4.69, 9.17) is 5.10 Å².